The Labute approximate surface area is 166 Å². The highest BCUT2D eigenvalue weighted by Gasteiger charge is 2.25. The predicted molar refractivity (Wildman–Crippen MR) is 111 cm³/mol. The maximum Gasteiger partial charge on any atom is 0.239 e. The van der Waals surface area contributed by atoms with Gasteiger partial charge in [0.25, 0.3) is 0 Å². The van der Waals surface area contributed by atoms with Crippen LogP contribution in [-0.4, -0.2) is 40.2 Å². The molecule has 3 aromatic rings. The van der Waals surface area contributed by atoms with E-state index in [9.17, 15) is 4.79 Å². The molecule has 1 aromatic heterocycles. The van der Waals surface area contributed by atoms with Crippen molar-refractivity contribution in [2.24, 2.45) is 0 Å². The quantitative estimate of drug-likeness (QED) is 0.742. The molecule has 1 saturated heterocycles. The summed E-state index contributed by atoms with van der Waals surface area (Å²) in [7, 11) is 1.88. The van der Waals surface area contributed by atoms with E-state index < -0.39 is 0 Å². The highest BCUT2D eigenvalue weighted by atomic mass is 16.2. The van der Waals surface area contributed by atoms with Crippen LogP contribution >= 0.6 is 0 Å². The molecule has 1 fully saturated rings. The van der Waals surface area contributed by atoms with Crippen molar-refractivity contribution < 1.29 is 4.79 Å². The van der Waals surface area contributed by atoms with Gasteiger partial charge >= 0.3 is 0 Å². The summed E-state index contributed by atoms with van der Waals surface area (Å²) in [5.41, 5.74) is 4.03. The Morgan fingerprint density at radius 1 is 1.11 bits per heavy atom. The summed E-state index contributed by atoms with van der Waals surface area (Å²) in [6.45, 7) is 1.46. The lowest BCUT2D eigenvalue weighted by Gasteiger charge is -2.27. The lowest BCUT2D eigenvalue weighted by Crippen LogP contribution is -2.47. The zero-order valence-corrected chi connectivity index (χ0v) is 16.2. The first-order valence-electron chi connectivity index (χ1n) is 9.90. The molecule has 1 aliphatic heterocycles. The zero-order chi connectivity index (χ0) is 19.3. The number of nitrogens with zero attached hydrogens (tertiary/aromatic N) is 3. The van der Waals surface area contributed by atoms with Gasteiger partial charge in [-0.3, -0.25) is 4.79 Å². The molecule has 5 nitrogen and oxygen atoms in total. The second kappa shape index (κ2) is 8.40. The van der Waals surface area contributed by atoms with Crippen LogP contribution < -0.4 is 5.32 Å². The van der Waals surface area contributed by atoms with E-state index in [-0.39, 0.29) is 11.9 Å². The van der Waals surface area contributed by atoms with Crippen molar-refractivity contribution in [3.8, 4) is 16.9 Å². The third kappa shape index (κ3) is 3.99. The van der Waals surface area contributed by atoms with Crippen LogP contribution in [0.4, 0.5) is 0 Å². The molecule has 0 spiro atoms. The number of likely N-dealkylation sites (N-methyl/N-ethyl adjacent to an activating group) is 1. The minimum absolute atomic E-state index is 0.0666. The van der Waals surface area contributed by atoms with Crippen molar-refractivity contribution >= 4 is 5.91 Å². The van der Waals surface area contributed by atoms with Gasteiger partial charge in [0.2, 0.25) is 5.91 Å². The lowest BCUT2D eigenvalue weighted by atomic mass is 10.0. The summed E-state index contributed by atoms with van der Waals surface area (Å²) >= 11 is 0. The molecule has 28 heavy (non-hydrogen) atoms. The standard InChI is InChI=1S/C23H26N4O/c1-26(23(28)21-14-8-9-15-24-21)16-19-17-27(20-12-6-3-7-13-20)25-22(19)18-10-4-2-5-11-18/h2-7,10-13,17,21,24H,8-9,14-16H2,1H3. The van der Waals surface area contributed by atoms with Crippen molar-refractivity contribution in [3.63, 3.8) is 0 Å². The monoisotopic (exact) mass is 374 g/mol. The first-order valence-corrected chi connectivity index (χ1v) is 9.90. The SMILES string of the molecule is CN(Cc1cn(-c2ccccc2)nc1-c1ccccc1)C(=O)C1CCCCN1. The van der Waals surface area contributed by atoms with Crippen LogP contribution in [0.3, 0.4) is 0 Å². The molecule has 2 heterocycles. The van der Waals surface area contributed by atoms with Gasteiger partial charge in [0.1, 0.15) is 0 Å². The van der Waals surface area contributed by atoms with E-state index in [4.69, 9.17) is 5.10 Å². The third-order valence-corrected chi connectivity index (χ3v) is 5.25. The van der Waals surface area contributed by atoms with E-state index >= 15 is 0 Å². The second-order valence-corrected chi connectivity index (χ2v) is 7.35. The number of piperidine rings is 1. The van der Waals surface area contributed by atoms with Gasteiger partial charge in [0.15, 0.2) is 0 Å². The van der Waals surface area contributed by atoms with Crippen molar-refractivity contribution in [3.05, 3.63) is 72.4 Å². The molecular formula is C23H26N4O. The van der Waals surface area contributed by atoms with Gasteiger partial charge < -0.3 is 10.2 Å². The van der Waals surface area contributed by atoms with Gasteiger partial charge in [0, 0.05) is 30.9 Å². The van der Waals surface area contributed by atoms with Gasteiger partial charge in [-0.05, 0) is 31.5 Å². The Hall–Kier alpha value is -2.92. The van der Waals surface area contributed by atoms with Gasteiger partial charge in [-0.2, -0.15) is 5.10 Å². The molecule has 144 valence electrons. The summed E-state index contributed by atoms with van der Waals surface area (Å²) in [6.07, 6.45) is 5.21. The van der Waals surface area contributed by atoms with Crippen LogP contribution in [0.1, 0.15) is 24.8 Å². The van der Waals surface area contributed by atoms with Gasteiger partial charge in [0.05, 0.1) is 17.4 Å². The molecule has 0 radical (unpaired) electrons. The van der Waals surface area contributed by atoms with Gasteiger partial charge in [-0.15, -0.1) is 0 Å². The number of hydrogen-bond acceptors (Lipinski definition) is 3. The smallest absolute Gasteiger partial charge is 0.239 e. The number of para-hydroxylation sites is 1. The highest BCUT2D eigenvalue weighted by molar-refractivity contribution is 5.82. The average molecular weight is 374 g/mol. The van der Waals surface area contributed by atoms with E-state index in [2.05, 4.69) is 17.4 Å². The maximum atomic E-state index is 12.9. The largest absolute Gasteiger partial charge is 0.340 e. The number of carbonyl (C=O) groups is 1. The Balaban J connectivity index is 1.63. The van der Waals surface area contributed by atoms with Crippen molar-refractivity contribution in [2.75, 3.05) is 13.6 Å². The molecular weight excluding hydrogens is 348 g/mol. The molecule has 1 aliphatic rings. The van der Waals surface area contributed by atoms with E-state index in [0.29, 0.717) is 6.54 Å². The number of aromatic nitrogens is 2. The summed E-state index contributed by atoms with van der Waals surface area (Å²) < 4.78 is 1.90. The maximum absolute atomic E-state index is 12.9. The minimum atomic E-state index is -0.0666. The Morgan fingerprint density at radius 3 is 2.50 bits per heavy atom. The van der Waals surface area contributed by atoms with Gasteiger partial charge in [-0.1, -0.05) is 55.0 Å². The predicted octanol–water partition coefficient (Wildman–Crippen LogP) is 3.64. The molecule has 0 saturated carbocycles. The van der Waals surface area contributed by atoms with E-state index in [1.165, 1.54) is 0 Å². The van der Waals surface area contributed by atoms with E-state index in [1.54, 1.807) is 0 Å². The first kappa shape index (κ1) is 18.4. The van der Waals surface area contributed by atoms with E-state index in [1.807, 2.05) is 71.4 Å². The summed E-state index contributed by atoms with van der Waals surface area (Å²) in [6, 6.07) is 20.2. The number of carbonyl (C=O) groups excluding carboxylic acids is 1. The fourth-order valence-corrected chi connectivity index (χ4v) is 3.74. The van der Waals surface area contributed by atoms with E-state index in [0.717, 1.165) is 48.3 Å². The van der Waals surface area contributed by atoms with Crippen molar-refractivity contribution in [2.45, 2.75) is 31.8 Å². The fraction of sp³-hybridized carbons (Fsp3) is 0.304. The lowest BCUT2D eigenvalue weighted by molar-refractivity contribution is -0.133. The average Bonchev–Trinajstić information content (AvgIpc) is 3.19. The third-order valence-electron chi connectivity index (χ3n) is 5.25. The highest BCUT2D eigenvalue weighted by Crippen LogP contribution is 2.25. The zero-order valence-electron chi connectivity index (χ0n) is 16.2. The fourth-order valence-electron chi connectivity index (χ4n) is 3.74. The van der Waals surface area contributed by atoms with Crippen molar-refractivity contribution in [1.29, 1.82) is 0 Å². The Morgan fingerprint density at radius 2 is 1.82 bits per heavy atom. The number of rotatable bonds is 5. The van der Waals surface area contributed by atoms with Crippen LogP contribution in [0, 0.1) is 0 Å². The molecule has 0 bridgehead atoms. The summed E-state index contributed by atoms with van der Waals surface area (Å²) in [5.74, 6) is 0.158. The molecule has 1 unspecified atom stereocenters. The number of hydrogen-bond donors (Lipinski definition) is 1. The Kier molecular flexibility index (Phi) is 5.53. The number of amides is 1. The molecule has 1 atom stereocenters. The second-order valence-electron chi connectivity index (χ2n) is 7.35. The van der Waals surface area contributed by atoms with Crippen molar-refractivity contribution in [1.82, 2.24) is 20.0 Å². The molecule has 4 rings (SSSR count). The topological polar surface area (TPSA) is 50.2 Å². The molecule has 0 aliphatic carbocycles. The summed E-state index contributed by atoms with van der Waals surface area (Å²) in [5, 5.41) is 8.19. The summed E-state index contributed by atoms with van der Waals surface area (Å²) in [4.78, 5) is 14.7. The number of benzene rings is 2. The van der Waals surface area contributed by atoms with Crippen LogP contribution in [-0.2, 0) is 11.3 Å². The minimum Gasteiger partial charge on any atom is -0.340 e. The normalized spacial score (nSPS) is 16.7. The van der Waals surface area contributed by atoms with Crippen LogP contribution in [0.5, 0.6) is 0 Å². The Bertz CT molecular complexity index is 914. The molecule has 5 heteroatoms. The molecule has 2 aromatic carbocycles. The molecule has 1 amide bonds. The van der Waals surface area contributed by atoms with Crippen LogP contribution in [0.25, 0.3) is 16.9 Å². The van der Waals surface area contributed by atoms with Crippen LogP contribution in [0.2, 0.25) is 0 Å². The first-order chi connectivity index (χ1) is 13.7. The van der Waals surface area contributed by atoms with Crippen LogP contribution in [0.15, 0.2) is 66.9 Å². The van der Waals surface area contributed by atoms with Gasteiger partial charge in [-0.25, -0.2) is 4.68 Å². The number of nitrogens with one attached hydrogen (secondary N) is 1. The molecule has 1 N–H and O–H groups in total.